The summed E-state index contributed by atoms with van der Waals surface area (Å²) in [5, 5.41) is 0.824. The molecule has 0 aromatic carbocycles. The summed E-state index contributed by atoms with van der Waals surface area (Å²) in [6.45, 7) is 3.60. The first-order valence-corrected chi connectivity index (χ1v) is 9.14. The molecule has 0 saturated carbocycles. The van der Waals surface area contributed by atoms with Gasteiger partial charge < -0.3 is 4.74 Å². The second-order valence-electron chi connectivity index (χ2n) is 5.75. The van der Waals surface area contributed by atoms with Crippen LogP contribution in [0.4, 0.5) is 0 Å². The van der Waals surface area contributed by atoms with Crippen molar-refractivity contribution in [3.8, 4) is 0 Å². The molecule has 5 nitrogen and oxygen atoms in total. The van der Waals surface area contributed by atoms with Gasteiger partial charge in [0, 0.05) is 43.4 Å². The summed E-state index contributed by atoms with van der Waals surface area (Å²) in [7, 11) is 0. The highest BCUT2D eigenvalue weighted by Gasteiger charge is 2.20. The van der Waals surface area contributed by atoms with Crippen molar-refractivity contribution in [3.63, 3.8) is 0 Å². The van der Waals surface area contributed by atoms with E-state index in [2.05, 4.69) is 25.9 Å². The molecule has 23 heavy (non-hydrogen) atoms. The maximum absolute atomic E-state index is 6.06. The number of piperidine rings is 1. The molecule has 0 aliphatic carbocycles. The van der Waals surface area contributed by atoms with E-state index in [1.165, 1.54) is 6.42 Å². The van der Waals surface area contributed by atoms with E-state index in [1.54, 1.807) is 18.0 Å². The molecule has 122 valence electrons. The summed E-state index contributed by atoms with van der Waals surface area (Å²) in [5.41, 5.74) is 2.29. The SMILES string of the molecule is CSc1ncc(CN2CCCC(OCc3cccnc3)C2)cn1. The number of thioether (sulfide) groups is 1. The Balaban J connectivity index is 1.49. The average Bonchev–Trinajstić information content (AvgIpc) is 2.62. The predicted molar refractivity (Wildman–Crippen MR) is 91.1 cm³/mol. The lowest BCUT2D eigenvalue weighted by atomic mass is 10.1. The third-order valence-electron chi connectivity index (χ3n) is 3.94. The molecule has 6 heteroatoms. The Kier molecular flexibility index (Phi) is 5.96. The minimum absolute atomic E-state index is 0.287. The smallest absolute Gasteiger partial charge is 0.187 e. The Morgan fingerprint density at radius 1 is 1.26 bits per heavy atom. The first kappa shape index (κ1) is 16.4. The van der Waals surface area contributed by atoms with Crippen LogP contribution in [0.25, 0.3) is 0 Å². The van der Waals surface area contributed by atoms with E-state index in [4.69, 9.17) is 4.74 Å². The zero-order chi connectivity index (χ0) is 15.9. The van der Waals surface area contributed by atoms with Crippen molar-refractivity contribution in [3.05, 3.63) is 48.0 Å². The third kappa shape index (κ3) is 4.99. The van der Waals surface area contributed by atoms with Crippen molar-refractivity contribution < 1.29 is 4.74 Å². The summed E-state index contributed by atoms with van der Waals surface area (Å²) < 4.78 is 6.06. The Labute approximate surface area is 141 Å². The van der Waals surface area contributed by atoms with Crippen molar-refractivity contribution in [2.75, 3.05) is 19.3 Å². The number of likely N-dealkylation sites (tertiary alicyclic amines) is 1. The molecule has 1 saturated heterocycles. The van der Waals surface area contributed by atoms with E-state index in [-0.39, 0.29) is 6.10 Å². The number of hydrogen-bond acceptors (Lipinski definition) is 6. The van der Waals surface area contributed by atoms with Crippen LogP contribution in [0.1, 0.15) is 24.0 Å². The second-order valence-corrected chi connectivity index (χ2v) is 6.52. The molecule has 3 heterocycles. The molecular weight excluding hydrogens is 308 g/mol. The molecule has 1 atom stereocenters. The summed E-state index contributed by atoms with van der Waals surface area (Å²) in [5.74, 6) is 0. The first-order chi connectivity index (χ1) is 11.3. The van der Waals surface area contributed by atoms with E-state index >= 15 is 0 Å². The Hall–Kier alpha value is -1.50. The number of hydrogen-bond donors (Lipinski definition) is 0. The van der Waals surface area contributed by atoms with Gasteiger partial charge in [0.1, 0.15) is 0 Å². The van der Waals surface area contributed by atoms with Gasteiger partial charge in [0.05, 0.1) is 12.7 Å². The van der Waals surface area contributed by atoms with Crippen molar-refractivity contribution in [2.45, 2.75) is 37.3 Å². The molecule has 0 amide bonds. The van der Waals surface area contributed by atoms with Crippen molar-refractivity contribution in [1.82, 2.24) is 19.9 Å². The van der Waals surface area contributed by atoms with Gasteiger partial charge in [-0.05, 0) is 37.3 Å². The quantitative estimate of drug-likeness (QED) is 0.600. The lowest BCUT2D eigenvalue weighted by Gasteiger charge is -2.32. The largest absolute Gasteiger partial charge is 0.372 e. The second kappa shape index (κ2) is 8.38. The Bertz CT molecular complexity index is 593. The summed E-state index contributed by atoms with van der Waals surface area (Å²) in [6.07, 6.45) is 12.1. The molecule has 1 fully saturated rings. The predicted octanol–water partition coefficient (Wildman–Crippen LogP) is 2.77. The summed E-state index contributed by atoms with van der Waals surface area (Å²) >= 11 is 1.57. The van der Waals surface area contributed by atoms with Crippen molar-refractivity contribution in [1.29, 1.82) is 0 Å². The third-order valence-corrected chi connectivity index (χ3v) is 4.52. The lowest BCUT2D eigenvalue weighted by Crippen LogP contribution is -2.39. The lowest BCUT2D eigenvalue weighted by molar-refractivity contribution is -0.0122. The van der Waals surface area contributed by atoms with Gasteiger partial charge in [-0.15, -0.1) is 0 Å². The number of rotatable bonds is 6. The normalized spacial score (nSPS) is 18.9. The van der Waals surface area contributed by atoms with E-state index in [1.807, 2.05) is 30.9 Å². The van der Waals surface area contributed by atoms with Gasteiger partial charge in [-0.3, -0.25) is 9.88 Å². The highest BCUT2D eigenvalue weighted by Crippen LogP contribution is 2.17. The van der Waals surface area contributed by atoms with Gasteiger partial charge in [-0.1, -0.05) is 17.8 Å². The fourth-order valence-electron chi connectivity index (χ4n) is 2.78. The number of pyridine rings is 1. The minimum atomic E-state index is 0.287. The first-order valence-electron chi connectivity index (χ1n) is 7.91. The van der Waals surface area contributed by atoms with Crippen molar-refractivity contribution in [2.24, 2.45) is 0 Å². The van der Waals surface area contributed by atoms with Gasteiger partial charge in [-0.25, -0.2) is 9.97 Å². The average molecular weight is 330 g/mol. The van der Waals surface area contributed by atoms with Crippen molar-refractivity contribution >= 4 is 11.8 Å². The zero-order valence-electron chi connectivity index (χ0n) is 13.4. The summed E-state index contributed by atoms with van der Waals surface area (Å²) in [4.78, 5) is 15.2. The summed E-state index contributed by atoms with van der Waals surface area (Å²) in [6, 6.07) is 4.00. The highest BCUT2D eigenvalue weighted by molar-refractivity contribution is 7.98. The number of nitrogens with zero attached hydrogens (tertiary/aromatic N) is 4. The fraction of sp³-hybridized carbons (Fsp3) is 0.471. The molecule has 0 spiro atoms. The van der Waals surface area contributed by atoms with Crippen LogP contribution in [0.3, 0.4) is 0 Å². The Morgan fingerprint density at radius 2 is 2.13 bits per heavy atom. The molecule has 1 aliphatic heterocycles. The van der Waals surface area contributed by atoms with Crippen LogP contribution in [0.2, 0.25) is 0 Å². The van der Waals surface area contributed by atoms with Crippen LogP contribution in [0.15, 0.2) is 42.1 Å². The standard InChI is InChI=1S/C17H22N4OS/c1-23-17-19-9-15(10-20-17)11-21-7-3-5-16(12-21)22-13-14-4-2-6-18-8-14/h2,4,6,8-10,16H,3,5,7,11-13H2,1H3. The molecular formula is C17H22N4OS. The molecule has 2 aromatic rings. The maximum Gasteiger partial charge on any atom is 0.187 e. The topological polar surface area (TPSA) is 51.1 Å². The maximum atomic E-state index is 6.06. The molecule has 0 N–H and O–H groups in total. The monoisotopic (exact) mass is 330 g/mol. The Morgan fingerprint density at radius 3 is 2.87 bits per heavy atom. The fourth-order valence-corrected chi connectivity index (χ4v) is 3.09. The van der Waals surface area contributed by atoms with Gasteiger partial charge in [0.15, 0.2) is 5.16 Å². The van der Waals surface area contributed by atoms with E-state index < -0.39 is 0 Å². The molecule has 0 radical (unpaired) electrons. The van der Waals surface area contributed by atoms with Gasteiger partial charge in [0.25, 0.3) is 0 Å². The molecule has 1 unspecified atom stereocenters. The molecule has 2 aromatic heterocycles. The van der Waals surface area contributed by atoms with Gasteiger partial charge in [-0.2, -0.15) is 0 Å². The molecule has 0 bridgehead atoms. The van der Waals surface area contributed by atoms with Crippen LogP contribution < -0.4 is 0 Å². The zero-order valence-corrected chi connectivity index (χ0v) is 14.2. The van der Waals surface area contributed by atoms with Crippen LogP contribution in [0, 0.1) is 0 Å². The van der Waals surface area contributed by atoms with Crippen LogP contribution >= 0.6 is 11.8 Å². The number of aromatic nitrogens is 3. The van der Waals surface area contributed by atoms with Crippen LogP contribution in [-0.4, -0.2) is 45.3 Å². The minimum Gasteiger partial charge on any atom is -0.372 e. The van der Waals surface area contributed by atoms with Crippen LogP contribution in [0.5, 0.6) is 0 Å². The van der Waals surface area contributed by atoms with E-state index in [9.17, 15) is 0 Å². The van der Waals surface area contributed by atoms with Crippen LogP contribution in [-0.2, 0) is 17.9 Å². The highest BCUT2D eigenvalue weighted by atomic mass is 32.2. The van der Waals surface area contributed by atoms with E-state index in [0.717, 1.165) is 42.3 Å². The molecule has 1 aliphatic rings. The van der Waals surface area contributed by atoms with Gasteiger partial charge in [0.2, 0.25) is 0 Å². The van der Waals surface area contributed by atoms with Gasteiger partial charge >= 0.3 is 0 Å². The van der Waals surface area contributed by atoms with E-state index in [0.29, 0.717) is 6.61 Å². The molecule has 3 rings (SSSR count). The number of ether oxygens (including phenoxy) is 1.